The van der Waals surface area contributed by atoms with Gasteiger partial charge in [0.25, 0.3) is 0 Å². The fourth-order valence-corrected chi connectivity index (χ4v) is 2.65. The molecule has 3 aromatic rings. The SMILES string of the molecule is CCOC(=O)c1c(C)nc(Nc2ccccc2)nc1-c1ccc(C)cc1. The minimum Gasteiger partial charge on any atom is -0.462 e. The Hall–Kier alpha value is -3.21. The maximum Gasteiger partial charge on any atom is 0.342 e. The van der Waals surface area contributed by atoms with Crippen LogP contribution in [0.25, 0.3) is 11.3 Å². The predicted octanol–water partition coefficient (Wildman–Crippen LogP) is 4.68. The highest BCUT2D eigenvalue weighted by Gasteiger charge is 2.21. The van der Waals surface area contributed by atoms with Gasteiger partial charge in [-0.3, -0.25) is 0 Å². The minimum atomic E-state index is -0.410. The molecular weight excluding hydrogens is 326 g/mol. The molecule has 3 rings (SSSR count). The Balaban J connectivity index is 2.10. The van der Waals surface area contributed by atoms with E-state index in [0.717, 1.165) is 16.8 Å². The molecule has 0 spiro atoms. The van der Waals surface area contributed by atoms with Crippen molar-refractivity contribution in [1.82, 2.24) is 9.97 Å². The lowest BCUT2D eigenvalue weighted by atomic mass is 10.0. The molecule has 0 atom stereocenters. The number of para-hydroxylation sites is 1. The second kappa shape index (κ2) is 7.78. The lowest BCUT2D eigenvalue weighted by Gasteiger charge is -2.14. The van der Waals surface area contributed by atoms with Gasteiger partial charge in [0.15, 0.2) is 0 Å². The first-order chi connectivity index (χ1) is 12.6. The molecule has 0 saturated heterocycles. The number of hydrogen-bond donors (Lipinski definition) is 1. The Bertz CT molecular complexity index is 907. The van der Waals surface area contributed by atoms with E-state index in [4.69, 9.17) is 4.74 Å². The van der Waals surface area contributed by atoms with Crippen molar-refractivity contribution in [2.45, 2.75) is 20.8 Å². The Morgan fingerprint density at radius 2 is 1.69 bits per heavy atom. The molecule has 0 radical (unpaired) electrons. The van der Waals surface area contributed by atoms with E-state index in [1.54, 1.807) is 13.8 Å². The van der Waals surface area contributed by atoms with E-state index in [2.05, 4.69) is 15.3 Å². The molecule has 1 aromatic heterocycles. The van der Waals surface area contributed by atoms with Gasteiger partial charge in [0.05, 0.1) is 18.0 Å². The van der Waals surface area contributed by atoms with Crippen molar-refractivity contribution in [3.05, 3.63) is 71.4 Å². The van der Waals surface area contributed by atoms with E-state index in [9.17, 15) is 4.79 Å². The lowest BCUT2D eigenvalue weighted by molar-refractivity contribution is 0.0525. The molecule has 5 heteroatoms. The molecule has 0 unspecified atom stereocenters. The highest BCUT2D eigenvalue weighted by molar-refractivity contribution is 5.97. The summed E-state index contributed by atoms with van der Waals surface area (Å²) in [7, 11) is 0. The molecule has 2 aromatic carbocycles. The summed E-state index contributed by atoms with van der Waals surface area (Å²) >= 11 is 0. The number of nitrogens with one attached hydrogen (secondary N) is 1. The predicted molar refractivity (Wildman–Crippen MR) is 103 cm³/mol. The monoisotopic (exact) mass is 347 g/mol. The van der Waals surface area contributed by atoms with Gasteiger partial charge < -0.3 is 10.1 Å². The first-order valence-corrected chi connectivity index (χ1v) is 8.53. The van der Waals surface area contributed by atoms with Crippen molar-refractivity contribution in [2.24, 2.45) is 0 Å². The molecule has 0 bridgehead atoms. The Morgan fingerprint density at radius 1 is 1.00 bits per heavy atom. The molecule has 1 N–H and O–H groups in total. The number of benzene rings is 2. The van der Waals surface area contributed by atoms with E-state index in [0.29, 0.717) is 29.5 Å². The number of esters is 1. The van der Waals surface area contributed by atoms with Gasteiger partial charge >= 0.3 is 5.97 Å². The summed E-state index contributed by atoms with van der Waals surface area (Å²) in [4.78, 5) is 21.5. The zero-order valence-corrected chi connectivity index (χ0v) is 15.1. The third kappa shape index (κ3) is 3.88. The summed E-state index contributed by atoms with van der Waals surface area (Å²) in [6, 6.07) is 17.6. The number of anilines is 2. The zero-order chi connectivity index (χ0) is 18.5. The van der Waals surface area contributed by atoms with Crippen LogP contribution in [0.5, 0.6) is 0 Å². The minimum absolute atomic E-state index is 0.301. The summed E-state index contributed by atoms with van der Waals surface area (Å²) in [6.45, 7) is 5.89. The molecular formula is C21H21N3O2. The molecule has 1 heterocycles. The van der Waals surface area contributed by atoms with E-state index in [1.807, 2.05) is 61.5 Å². The van der Waals surface area contributed by atoms with Gasteiger partial charge in [0, 0.05) is 11.3 Å². The van der Waals surface area contributed by atoms with Gasteiger partial charge in [-0.25, -0.2) is 14.8 Å². The number of carbonyl (C=O) groups excluding carboxylic acids is 1. The fraction of sp³-hybridized carbons (Fsp3) is 0.190. The number of hydrogen-bond acceptors (Lipinski definition) is 5. The van der Waals surface area contributed by atoms with Gasteiger partial charge in [-0.15, -0.1) is 0 Å². The lowest BCUT2D eigenvalue weighted by Crippen LogP contribution is -2.13. The first kappa shape index (κ1) is 17.6. The van der Waals surface area contributed by atoms with Crippen molar-refractivity contribution in [1.29, 1.82) is 0 Å². The zero-order valence-electron chi connectivity index (χ0n) is 15.1. The van der Waals surface area contributed by atoms with E-state index in [-0.39, 0.29) is 0 Å². The van der Waals surface area contributed by atoms with Crippen LogP contribution in [0.2, 0.25) is 0 Å². The van der Waals surface area contributed by atoms with Crippen molar-refractivity contribution >= 4 is 17.6 Å². The molecule has 0 fully saturated rings. The van der Waals surface area contributed by atoms with Gasteiger partial charge in [0.2, 0.25) is 5.95 Å². The molecule has 0 aliphatic heterocycles. The fourth-order valence-electron chi connectivity index (χ4n) is 2.65. The molecule has 26 heavy (non-hydrogen) atoms. The second-order valence-corrected chi connectivity index (χ2v) is 5.93. The van der Waals surface area contributed by atoms with Crippen LogP contribution < -0.4 is 5.32 Å². The topological polar surface area (TPSA) is 64.1 Å². The van der Waals surface area contributed by atoms with E-state index >= 15 is 0 Å². The van der Waals surface area contributed by atoms with Crippen LogP contribution >= 0.6 is 0 Å². The van der Waals surface area contributed by atoms with Crippen LogP contribution in [-0.2, 0) is 4.74 Å². The Morgan fingerprint density at radius 3 is 2.35 bits per heavy atom. The second-order valence-electron chi connectivity index (χ2n) is 5.93. The third-order valence-electron chi connectivity index (χ3n) is 3.92. The van der Waals surface area contributed by atoms with Crippen LogP contribution in [0.15, 0.2) is 54.6 Å². The highest BCUT2D eigenvalue weighted by Crippen LogP contribution is 2.27. The van der Waals surface area contributed by atoms with Gasteiger partial charge in [-0.05, 0) is 32.9 Å². The molecule has 0 amide bonds. The van der Waals surface area contributed by atoms with Crippen molar-refractivity contribution in [2.75, 3.05) is 11.9 Å². The maximum absolute atomic E-state index is 12.5. The molecule has 0 saturated carbocycles. The van der Waals surface area contributed by atoms with Crippen LogP contribution in [0, 0.1) is 13.8 Å². The smallest absolute Gasteiger partial charge is 0.342 e. The van der Waals surface area contributed by atoms with E-state index in [1.165, 1.54) is 0 Å². The van der Waals surface area contributed by atoms with Gasteiger partial charge in [-0.2, -0.15) is 0 Å². The Labute approximate surface area is 153 Å². The molecule has 0 aliphatic rings. The molecule has 0 aliphatic carbocycles. The largest absolute Gasteiger partial charge is 0.462 e. The summed E-state index contributed by atoms with van der Waals surface area (Å²) < 4.78 is 5.21. The number of rotatable bonds is 5. The highest BCUT2D eigenvalue weighted by atomic mass is 16.5. The van der Waals surface area contributed by atoms with Crippen LogP contribution in [0.3, 0.4) is 0 Å². The molecule has 132 valence electrons. The van der Waals surface area contributed by atoms with Crippen LogP contribution in [0.4, 0.5) is 11.6 Å². The third-order valence-corrected chi connectivity index (χ3v) is 3.92. The average Bonchev–Trinajstić information content (AvgIpc) is 2.63. The van der Waals surface area contributed by atoms with E-state index < -0.39 is 5.97 Å². The summed E-state index contributed by atoms with van der Waals surface area (Å²) in [5.41, 5.74) is 4.40. The first-order valence-electron chi connectivity index (χ1n) is 8.53. The Kier molecular flexibility index (Phi) is 5.27. The number of aromatic nitrogens is 2. The van der Waals surface area contributed by atoms with Crippen molar-refractivity contribution < 1.29 is 9.53 Å². The number of nitrogens with zero attached hydrogens (tertiary/aromatic N) is 2. The quantitative estimate of drug-likeness (QED) is 0.679. The van der Waals surface area contributed by atoms with Crippen LogP contribution in [-0.4, -0.2) is 22.5 Å². The summed E-state index contributed by atoms with van der Waals surface area (Å²) in [5.74, 6) is 0.0316. The van der Waals surface area contributed by atoms with Crippen molar-refractivity contribution in [3.8, 4) is 11.3 Å². The number of aryl methyl sites for hydroxylation is 2. The van der Waals surface area contributed by atoms with Gasteiger partial charge in [-0.1, -0.05) is 48.0 Å². The summed E-state index contributed by atoms with van der Waals surface area (Å²) in [6.07, 6.45) is 0. The average molecular weight is 347 g/mol. The van der Waals surface area contributed by atoms with Gasteiger partial charge in [0.1, 0.15) is 5.56 Å². The summed E-state index contributed by atoms with van der Waals surface area (Å²) in [5, 5.41) is 3.19. The maximum atomic E-state index is 12.5. The van der Waals surface area contributed by atoms with Crippen molar-refractivity contribution in [3.63, 3.8) is 0 Å². The number of ether oxygens (including phenoxy) is 1. The molecule has 5 nitrogen and oxygen atoms in total. The normalized spacial score (nSPS) is 10.4. The number of carbonyl (C=O) groups is 1. The standard InChI is InChI=1S/C21H21N3O2/c1-4-26-20(25)18-15(3)22-21(23-17-8-6-5-7-9-17)24-19(18)16-12-10-14(2)11-13-16/h5-13H,4H2,1-3H3,(H,22,23,24). The van der Waals surface area contributed by atoms with Crippen LogP contribution in [0.1, 0.15) is 28.5 Å².